The number of β-amino-alcohol motifs (C(OH)–C–C–N with tert-alkyl or cyclic N) is 1. The lowest BCUT2D eigenvalue weighted by molar-refractivity contribution is -0.138. The maximum Gasteiger partial charge on any atom is 0.317 e. The Morgan fingerprint density at radius 2 is 2.23 bits per heavy atom. The molecule has 1 fully saturated rings. The maximum atomic E-state index is 10.8. The molecule has 0 saturated carbocycles. The van der Waals surface area contributed by atoms with Crippen molar-refractivity contribution in [3.8, 4) is 0 Å². The van der Waals surface area contributed by atoms with E-state index < -0.39 is 12.1 Å². The van der Waals surface area contributed by atoms with E-state index in [0.717, 1.165) is 6.42 Å². The zero-order valence-electron chi connectivity index (χ0n) is 13.3. The largest absolute Gasteiger partial charge is 0.480 e. The van der Waals surface area contributed by atoms with E-state index in [0.29, 0.717) is 37.3 Å². The first-order chi connectivity index (χ1) is 10.3. The number of likely N-dealkylation sites (tertiary alicyclic amines) is 1. The molecule has 2 rings (SSSR count). The predicted molar refractivity (Wildman–Crippen MR) is 78.2 cm³/mol. The predicted octanol–water partition coefficient (Wildman–Crippen LogP) is -0.170. The fourth-order valence-corrected chi connectivity index (χ4v) is 2.73. The summed E-state index contributed by atoms with van der Waals surface area (Å²) in [5, 5.41) is 22.9. The molecule has 0 radical (unpaired) electrons. The zero-order chi connectivity index (χ0) is 16.3. The highest BCUT2D eigenvalue weighted by molar-refractivity contribution is 5.69. The van der Waals surface area contributed by atoms with Crippen LogP contribution in [-0.2, 0) is 17.8 Å². The highest BCUT2D eigenvalue weighted by Gasteiger charge is 2.35. The third-order valence-electron chi connectivity index (χ3n) is 3.74. The molecule has 1 aliphatic rings. The fraction of sp³-hybridized carbons (Fsp3) is 0.786. The molecule has 1 saturated heterocycles. The van der Waals surface area contributed by atoms with Crippen molar-refractivity contribution >= 4 is 5.97 Å². The second-order valence-electron chi connectivity index (χ2n) is 6.34. The number of carboxylic acid groups (broad SMARTS) is 1. The van der Waals surface area contributed by atoms with E-state index in [9.17, 15) is 9.90 Å². The van der Waals surface area contributed by atoms with Crippen LogP contribution in [0.4, 0.5) is 0 Å². The van der Waals surface area contributed by atoms with Gasteiger partial charge in [-0.15, -0.1) is 0 Å². The van der Waals surface area contributed by atoms with Crippen LogP contribution in [0.5, 0.6) is 0 Å². The molecular formula is C14H24N4O4. The minimum Gasteiger partial charge on any atom is -0.480 e. The van der Waals surface area contributed by atoms with Crippen molar-refractivity contribution in [1.82, 2.24) is 19.9 Å². The van der Waals surface area contributed by atoms with Gasteiger partial charge >= 0.3 is 5.97 Å². The average molecular weight is 312 g/mol. The smallest absolute Gasteiger partial charge is 0.317 e. The SMILES string of the molecule is CC(C)Cc1nc(CN2C[C@@H](O)[C@H](N(C)CC(=O)O)C2)no1. The molecule has 2 heterocycles. The minimum atomic E-state index is -0.898. The molecular weight excluding hydrogens is 288 g/mol. The van der Waals surface area contributed by atoms with Gasteiger partial charge in [0, 0.05) is 25.6 Å². The first-order valence-corrected chi connectivity index (χ1v) is 7.49. The molecule has 0 bridgehead atoms. The number of likely N-dealkylation sites (N-methyl/N-ethyl adjacent to an activating group) is 1. The normalized spacial score (nSPS) is 22.8. The van der Waals surface area contributed by atoms with Gasteiger partial charge in [-0.05, 0) is 13.0 Å². The van der Waals surface area contributed by atoms with Crippen molar-refractivity contribution in [2.45, 2.75) is 39.0 Å². The number of aliphatic hydroxyl groups is 1. The van der Waals surface area contributed by atoms with Gasteiger partial charge < -0.3 is 14.7 Å². The van der Waals surface area contributed by atoms with Crippen molar-refractivity contribution < 1.29 is 19.5 Å². The number of aliphatic hydroxyl groups excluding tert-OH is 1. The van der Waals surface area contributed by atoms with Crippen LogP contribution in [0.1, 0.15) is 25.6 Å². The quantitative estimate of drug-likeness (QED) is 0.715. The molecule has 0 aromatic carbocycles. The molecule has 1 aliphatic heterocycles. The maximum absolute atomic E-state index is 10.8. The topological polar surface area (TPSA) is 103 Å². The van der Waals surface area contributed by atoms with Gasteiger partial charge in [0.15, 0.2) is 5.82 Å². The summed E-state index contributed by atoms with van der Waals surface area (Å²) in [5.41, 5.74) is 0. The van der Waals surface area contributed by atoms with E-state index in [1.165, 1.54) is 0 Å². The third kappa shape index (κ3) is 4.49. The summed E-state index contributed by atoms with van der Waals surface area (Å²) in [6.07, 6.45) is 0.172. The molecule has 0 amide bonds. The van der Waals surface area contributed by atoms with Gasteiger partial charge in [0.25, 0.3) is 0 Å². The third-order valence-corrected chi connectivity index (χ3v) is 3.74. The minimum absolute atomic E-state index is 0.0870. The van der Waals surface area contributed by atoms with Gasteiger partial charge in [-0.3, -0.25) is 14.6 Å². The van der Waals surface area contributed by atoms with E-state index in [1.807, 2.05) is 4.90 Å². The molecule has 8 heteroatoms. The number of aromatic nitrogens is 2. The number of aliphatic carboxylic acids is 1. The molecule has 1 aromatic rings. The summed E-state index contributed by atoms with van der Waals surface area (Å²) in [6, 6.07) is -0.196. The van der Waals surface area contributed by atoms with Crippen LogP contribution in [0.3, 0.4) is 0 Å². The average Bonchev–Trinajstić information content (AvgIpc) is 2.95. The van der Waals surface area contributed by atoms with Crippen LogP contribution >= 0.6 is 0 Å². The second-order valence-corrected chi connectivity index (χ2v) is 6.34. The Morgan fingerprint density at radius 3 is 2.86 bits per heavy atom. The standard InChI is InChI=1S/C14H24N4O4/c1-9(2)4-13-15-12(16-22-13)7-18-5-10(11(19)6-18)17(3)8-14(20)21/h9-11,19H,4-8H2,1-3H3,(H,20,21)/t10-,11-/m1/s1. The summed E-state index contributed by atoms with van der Waals surface area (Å²) < 4.78 is 5.20. The summed E-state index contributed by atoms with van der Waals surface area (Å²) in [5.74, 6) is 0.786. The van der Waals surface area contributed by atoms with Crippen molar-refractivity contribution in [3.63, 3.8) is 0 Å². The van der Waals surface area contributed by atoms with Crippen molar-refractivity contribution in [1.29, 1.82) is 0 Å². The van der Waals surface area contributed by atoms with Gasteiger partial charge in [0.2, 0.25) is 5.89 Å². The Morgan fingerprint density at radius 1 is 1.50 bits per heavy atom. The summed E-state index contributed by atoms with van der Waals surface area (Å²) in [7, 11) is 1.71. The van der Waals surface area contributed by atoms with Gasteiger partial charge in [-0.2, -0.15) is 4.98 Å². The summed E-state index contributed by atoms with van der Waals surface area (Å²) in [6.45, 7) is 5.64. The number of carboxylic acids is 1. The van der Waals surface area contributed by atoms with E-state index in [2.05, 4.69) is 24.0 Å². The molecule has 0 unspecified atom stereocenters. The lowest BCUT2D eigenvalue weighted by atomic mass is 10.1. The molecule has 0 spiro atoms. The number of nitrogens with zero attached hydrogens (tertiary/aromatic N) is 4. The molecule has 1 aromatic heterocycles. The van der Waals surface area contributed by atoms with Crippen molar-refractivity contribution in [2.24, 2.45) is 5.92 Å². The first kappa shape index (κ1) is 16.9. The number of hydrogen-bond acceptors (Lipinski definition) is 7. The van der Waals surface area contributed by atoms with Crippen LogP contribution in [0.2, 0.25) is 0 Å². The zero-order valence-corrected chi connectivity index (χ0v) is 13.3. The molecule has 0 aliphatic carbocycles. The van der Waals surface area contributed by atoms with Gasteiger partial charge in [0.1, 0.15) is 0 Å². The molecule has 2 atom stereocenters. The van der Waals surface area contributed by atoms with Gasteiger partial charge in [-0.1, -0.05) is 19.0 Å². The van der Waals surface area contributed by atoms with Crippen LogP contribution in [-0.4, -0.2) is 75.0 Å². The van der Waals surface area contributed by atoms with E-state index in [4.69, 9.17) is 9.63 Å². The summed E-state index contributed by atoms with van der Waals surface area (Å²) in [4.78, 5) is 18.8. The Bertz CT molecular complexity index is 505. The Labute approximate surface area is 129 Å². The molecule has 2 N–H and O–H groups in total. The van der Waals surface area contributed by atoms with Crippen LogP contribution < -0.4 is 0 Å². The number of carbonyl (C=O) groups is 1. The van der Waals surface area contributed by atoms with Gasteiger partial charge in [0.05, 0.1) is 19.2 Å². The van der Waals surface area contributed by atoms with E-state index in [-0.39, 0.29) is 12.6 Å². The Hall–Kier alpha value is -1.51. The van der Waals surface area contributed by atoms with E-state index in [1.54, 1.807) is 11.9 Å². The Balaban J connectivity index is 1.89. The van der Waals surface area contributed by atoms with Crippen molar-refractivity contribution in [2.75, 3.05) is 26.7 Å². The lowest BCUT2D eigenvalue weighted by Crippen LogP contribution is -2.43. The monoisotopic (exact) mass is 312 g/mol. The van der Waals surface area contributed by atoms with Crippen LogP contribution in [0.15, 0.2) is 4.52 Å². The highest BCUT2D eigenvalue weighted by atomic mass is 16.5. The van der Waals surface area contributed by atoms with E-state index >= 15 is 0 Å². The summed E-state index contributed by atoms with van der Waals surface area (Å²) >= 11 is 0. The van der Waals surface area contributed by atoms with Crippen molar-refractivity contribution in [3.05, 3.63) is 11.7 Å². The molecule has 8 nitrogen and oxygen atoms in total. The molecule has 22 heavy (non-hydrogen) atoms. The second kappa shape index (κ2) is 7.17. The van der Waals surface area contributed by atoms with Crippen LogP contribution in [0, 0.1) is 5.92 Å². The molecule has 124 valence electrons. The number of rotatable bonds is 7. The fourth-order valence-electron chi connectivity index (χ4n) is 2.73. The first-order valence-electron chi connectivity index (χ1n) is 7.49. The Kier molecular flexibility index (Phi) is 5.49. The van der Waals surface area contributed by atoms with Gasteiger partial charge in [-0.25, -0.2) is 0 Å². The highest BCUT2D eigenvalue weighted by Crippen LogP contribution is 2.17. The lowest BCUT2D eigenvalue weighted by Gasteiger charge is -2.24. The number of hydrogen-bond donors (Lipinski definition) is 2. The van der Waals surface area contributed by atoms with Crippen LogP contribution in [0.25, 0.3) is 0 Å².